The van der Waals surface area contributed by atoms with Crippen molar-refractivity contribution in [1.29, 1.82) is 0 Å². The molecule has 4 aliphatic rings. The molecule has 4 rings (SSSR count). The Labute approximate surface area is 161 Å². The number of hydrogen-bond donors (Lipinski definition) is 0. The highest BCUT2D eigenvalue weighted by Crippen LogP contribution is 2.67. The van der Waals surface area contributed by atoms with Gasteiger partial charge in [0.1, 0.15) is 6.29 Å². The van der Waals surface area contributed by atoms with Gasteiger partial charge < -0.3 is 0 Å². The van der Waals surface area contributed by atoms with Crippen LogP contribution in [0.1, 0.15) is 97.3 Å². The maximum absolute atomic E-state index is 10.4. The fourth-order valence-corrected chi connectivity index (χ4v) is 8.51. The van der Waals surface area contributed by atoms with Gasteiger partial charge in [0.2, 0.25) is 0 Å². The standard InChI is InChI=1S/C25H40O/c1-24-16-7-6-10-19(24)11-13-21-22-14-12-20(9-5-3-4-8-18-26)25(22,2)17-15-23(21)24/h4,8,18-23H,3,5-7,9-17H2,1-2H3/b8-4+. The molecule has 0 aromatic rings. The van der Waals surface area contributed by atoms with Crippen molar-refractivity contribution in [2.75, 3.05) is 0 Å². The first-order valence-electron chi connectivity index (χ1n) is 11.7. The topological polar surface area (TPSA) is 17.1 Å². The maximum Gasteiger partial charge on any atom is 0.142 e. The molecule has 0 amide bonds. The van der Waals surface area contributed by atoms with Crippen molar-refractivity contribution in [3.8, 4) is 0 Å². The molecule has 0 radical (unpaired) electrons. The van der Waals surface area contributed by atoms with Gasteiger partial charge in [0.05, 0.1) is 0 Å². The molecule has 7 unspecified atom stereocenters. The van der Waals surface area contributed by atoms with Crippen LogP contribution in [0.4, 0.5) is 0 Å². The number of carbonyl (C=O) groups is 1. The lowest BCUT2D eigenvalue weighted by Crippen LogP contribution is -2.52. The molecule has 1 nitrogen and oxygen atoms in total. The zero-order chi connectivity index (χ0) is 18.2. The number of carbonyl (C=O) groups excluding carboxylic acids is 1. The summed E-state index contributed by atoms with van der Waals surface area (Å²) in [5.41, 5.74) is 1.30. The van der Waals surface area contributed by atoms with E-state index in [1.807, 2.05) is 0 Å². The zero-order valence-corrected chi connectivity index (χ0v) is 17.2. The molecule has 0 N–H and O–H groups in total. The predicted molar refractivity (Wildman–Crippen MR) is 109 cm³/mol. The van der Waals surface area contributed by atoms with Crippen LogP contribution in [0.5, 0.6) is 0 Å². The SMILES string of the molecule is CC12CCCCC1CCC1C2CCC2(C)C(CCC/C=C/C=O)CCC12. The van der Waals surface area contributed by atoms with Crippen LogP contribution in [0.2, 0.25) is 0 Å². The van der Waals surface area contributed by atoms with Crippen molar-refractivity contribution in [3.05, 3.63) is 12.2 Å². The van der Waals surface area contributed by atoms with Gasteiger partial charge in [0.25, 0.3) is 0 Å². The van der Waals surface area contributed by atoms with Crippen LogP contribution in [0.3, 0.4) is 0 Å². The van der Waals surface area contributed by atoms with Crippen molar-refractivity contribution >= 4 is 6.29 Å². The van der Waals surface area contributed by atoms with Gasteiger partial charge in [-0.25, -0.2) is 0 Å². The monoisotopic (exact) mass is 356 g/mol. The highest BCUT2D eigenvalue weighted by molar-refractivity contribution is 5.64. The van der Waals surface area contributed by atoms with Crippen LogP contribution in [0.25, 0.3) is 0 Å². The van der Waals surface area contributed by atoms with Gasteiger partial charge in [-0.15, -0.1) is 0 Å². The van der Waals surface area contributed by atoms with E-state index in [0.29, 0.717) is 10.8 Å². The number of rotatable bonds is 5. The van der Waals surface area contributed by atoms with Crippen LogP contribution in [-0.4, -0.2) is 6.29 Å². The Bertz CT molecular complexity index is 536. The summed E-state index contributed by atoms with van der Waals surface area (Å²) >= 11 is 0. The summed E-state index contributed by atoms with van der Waals surface area (Å²) in [4.78, 5) is 10.4. The highest BCUT2D eigenvalue weighted by atomic mass is 16.1. The largest absolute Gasteiger partial charge is 0.299 e. The van der Waals surface area contributed by atoms with Crippen molar-refractivity contribution in [2.24, 2.45) is 40.4 Å². The minimum Gasteiger partial charge on any atom is -0.299 e. The Kier molecular flexibility index (Phi) is 5.37. The fourth-order valence-electron chi connectivity index (χ4n) is 8.51. The van der Waals surface area contributed by atoms with E-state index >= 15 is 0 Å². The van der Waals surface area contributed by atoms with E-state index in [-0.39, 0.29) is 0 Å². The van der Waals surface area contributed by atoms with Gasteiger partial charge in [-0.05, 0) is 117 Å². The first-order chi connectivity index (χ1) is 12.6. The highest BCUT2D eigenvalue weighted by Gasteiger charge is 2.59. The Morgan fingerprint density at radius 1 is 0.885 bits per heavy atom. The Hall–Kier alpha value is -0.590. The molecule has 1 heteroatoms. The third-order valence-electron chi connectivity index (χ3n) is 9.92. The number of hydrogen-bond acceptors (Lipinski definition) is 1. The molecule has 4 fully saturated rings. The summed E-state index contributed by atoms with van der Waals surface area (Å²) in [6.07, 6.45) is 23.5. The second kappa shape index (κ2) is 7.44. The molecule has 7 atom stereocenters. The summed E-state index contributed by atoms with van der Waals surface area (Å²) < 4.78 is 0. The smallest absolute Gasteiger partial charge is 0.142 e. The molecule has 146 valence electrons. The molecule has 4 aliphatic carbocycles. The van der Waals surface area contributed by atoms with Crippen LogP contribution in [-0.2, 0) is 4.79 Å². The minimum atomic E-state index is 0.618. The zero-order valence-electron chi connectivity index (χ0n) is 17.2. The van der Waals surface area contributed by atoms with Gasteiger partial charge >= 0.3 is 0 Å². The molecule has 0 aliphatic heterocycles. The summed E-state index contributed by atoms with van der Waals surface area (Å²) in [5, 5.41) is 0. The minimum absolute atomic E-state index is 0.618. The second-order valence-corrected chi connectivity index (χ2v) is 10.7. The Balaban J connectivity index is 1.44. The molecule has 0 aromatic carbocycles. The molecule has 0 spiro atoms. The average molecular weight is 357 g/mol. The summed E-state index contributed by atoms with van der Waals surface area (Å²) in [6.45, 7) is 5.37. The molecular formula is C25H40O. The van der Waals surface area contributed by atoms with Crippen molar-refractivity contribution < 1.29 is 4.79 Å². The lowest BCUT2D eigenvalue weighted by atomic mass is 9.45. The van der Waals surface area contributed by atoms with Crippen molar-refractivity contribution in [2.45, 2.75) is 97.3 Å². The van der Waals surface area contributed by atoms with E-state index in [2.05, 4.69) is 19.9 Å². The summed E-state index contributed by atoms with van der Waals surface area (Å²) in [7, 11) is 0. The molecular weight excluding hydrogens is 316 g/mol. The van der Waals surface area contributed by atoms with Gasteiger partial charge in [0.15, 0.2) is 0 Å². The van der Waals surface area contributed by atoms with E-state index in [4.69, 9.17) is 0 Å². The van der Waals surface area contributed by atoms with Crippen LogP contribution >= 0.6 is 0 Å². The van der Waals surface area contributed by atoms with Gasteiger partial charge in [-0.2, -0.15) is 0 Å². The molecule has 0 heterocycles. The molecule has 0 saturated heterocycles. The lowest BCUT2D eigenvalue weighted by Gasteiger charge is -2.60. The maximum atomic E-state index is 10.4. The molecule has 4 saturated carbocycles. The number of aldehydes is 1. The van der Waals surface area contributed by atoms with Crippen molar-refractivity contribution in [1.82, 2.24) is 0 Å². The molecule has 26 heavy (non-hydrogen) atoms. The third-order valence-corrected chi connectivity index (χ3v) is 9.92. The van der Waals surface area contributed by atoms with E-state index in [0.717, 1.165) is 42.3 Å². The summed E-state index contributed by atoms with van der Waals surface area (Å²) in [5.74, 6) is 5.07. The van der Waals surface area contributed by atoms with Crippen molar-refractivity contribution in [3.63, 3.8) is 0 Å². The normalized spacial score (nSPS) is 48.0. The van der Waals surface area contributed by atoms with E-state index in [1.165, 1.54) is 70.6 Å². The van der Waals surface area contributed by atoms with Gasteiger partial charge in [-0.3, -0.25) is 4.79 Å². The number of unbranched alkanes of at least 4 members (excludes halogenated alkanes) is 1. The molecule has 0 aromatic heterocycles. The first kappa shape index (κ1) is 18.8. The first-order valence-corrected chi connectivity index (χ1v) is 11.7. The predicted octanol–water partition coefficient (Wildman–Crippen LogP) is 6.96. The van der Waals surface area contributed by atoms with Crippen LogP contribution < -0.4 is 0 Å². The number of fused-ring (bicyclic) bond motifs is 5. The quantitative estimate of drug-likeness (QED) is 0.295. The van der Waals surface area contributed by atoms with Gasteiger partial charge in [0, 0.05) is 0 Å². The Morgan fingerprint density at radius 2 is 1.73 bits per heavy atom. The second-order valence-electron chi connectivity index (χ2n) is 10.7. The van der Waals surface area contributed by atoms with Gasteiger partial charge in [-0.1, -0.05) is 32.8 Å². The Morgan fingerprint density at radius 3 is 2.58 bits per heavy atom. The summed E-state index contributed by atoms with van der Waals surface area (Å²) in [6, 6.07) is 0. The fraction of sp³-hybridized carbons (Fsp3) is 0.880. The van der Waals surface area contributed by atoms with E-state index in [9.17, 15) is 4.79 Å². The van der Waals surface area contributed by atoms with E-state index in [1.54, 1.807) is 12.5 Å². The van der Waals surface area contributed by atoms with E-state index < -0.39 is 0 Å². The third kappa shape index (κ3) is 3.02. The lowest BCUT2D eigenvalue weighted by molar-refractivity contribution is -0.111. The molecule has 0 bridgehead atoms. The van der Waals surface area contributed by atoms with Crippen LogP contribution in [0.15, 0.2) is 12.2 Å². The number of allylic oxidation sites excluding steroid dienone is 2. The van der Waals surface area contributed by atoms with Crippen LogP contribution in [0, 0.1) is 40.4 Å². The average Bonchev–Trinajstić information content (AvgIpc) is 2.97.